The van der Waals surface area contributed by atoms with Gasteiger partial charge < -0.3 is 25.2 Å². The SMILES string of the molecule is CCOC(CNC(=O)C[C@H](CC)NC(=O)OCC1c2ccccc2-c2ccccc21)CC(=O)O. The van der Waals surface area contributed by atoms with Gasteiger partial charge in [-0.05, 0) is 35.6 Å². The molecule has 182 valence electrons. The number of ether oxygens (including phenoxy) is 2. The summed E-state index contributed by atoms with van der Waals surface area (Å²) in [4.78, 5) is 35.7. The molecule has 0 heterocycles. The Balaban J connectivity index is 1.50. The predicted octanol–water partition coefficient (Wildman–Crippen LogP) is 3.69. The summed E-state index contributed by atoms with van der Waals surface area (Å²) in [5.74, 6) is -1.32. The van der Waals surface area contributed by atoms with Crippen LogP contribution in [0.5, 0.6) is 0 Å². The van der Waals surface area contributed by atoms with Crippen LogP contribution < -0.4 is 10.6 Å². The Morgan fingerprint density at radius 1 is 0.971 bits per heavy atom. The second kappa shape index (κ2) is 12.2. The Hall–Kier alpha value is -3.39. The number of alkyl carbamates (subject to hydrolysis) is 1. The Bertz CT molecular complexity index is 963. The summed E-state index contributed by atoms with van der Waals surface area (Å²) in [5.41, 5.74) is 4.58. The van der Waals surface area contributed by atoms with Gasteiger partial charge in [0.25, 0.3) is 0 Å². The topological polar surface area (TPSA) is 114 Å². The quantitative estimate of drug-likeness (QED) is 0.438. The number of hydrogen-bond acceptors (Lipinski definition) is 5. The largest absolute Gasteiger partial charge is 0.481 e. The number of fused-ring (bicyclic) bond motifs is 3. The first-order valence-electron chi connectivity index (χ1n) is 11.6. The van der Waals surface area contributed by atoms with Crippen LogP contribution in [0.3, 0.4) is 0 Å². The maximum absolute atomic E-state index is 12.5. The number of benzene rings is 2. The standard InChI is InChI=1S/C26H32N2O6/c1-3-17(13-24(29)27-15-18(33-4-2)14-25(30)31)28-26(32)34-16-23-21-11-7-5-9-19(21)20-10-6-8-12-22(20)23/h5-12,17-18,23H,3-4,13-16H2,1-2H3,(H,27,29)(H,28,32)(H,30,31)/t17-,18?/m0/s1. The summed E-state index contributed by atoms with van der Waals surface area (Å²) in [6, 6.07) is 15.8. The van der Waals surface area contributed by atoms with E-state index in [-0.39, 0.29) is 37.8 Å². The monoisotopic (exact) mass is 468 g/mol. The van der Waals surface area contributed by atoms with Gasteiger partial charge in [-0.15, -0.1) is 0 Å². The third-order valence-corrected chi connectivity index (χ3v) is 5.92. The number of carbonyl (C=O) groups excluding carboxylic acids is 2. The first kappa shape index (κ1) is 25.2. The van der Waals surface area contributed by atoms with Crippen molar-refractivity contribution in [2.45, 2.75) is 51.2 Å². The van der Waals surface area contributed by atoms with Crippen LogP contribution in [-0.2, 0) is 19.1 Å². The molecular weight excluding hydrogens is 436 g/mol. The van der Waals surface area contributed by atoms with Gasteiger partial charge in [0.15, 0.2) is 0 Å². The fraction of sp³-hybridized carbons (Fsp3) is 0.423. The lowest BCUT2D eigenvalue weighted by molar-refractivity contribution is -0.140. The van der Waals surface area contributed by atoms with Crippen molar-refractivity contribution in [3.63, 3.8) is 0 Å². The lowest BCUT2D eigenvalue weighted by Crippen LogP contribution is -2.41. The molecule has 1 unspecified atom stereocenters. The van der Waals surface area contributed by atoms with Crippen LogP contribution in [0.25, 0.3) is 11.1 Å². The first-order valence-corrected chi connectivity index (χ1v) is 11.6. The van der Waals surface area contributed by atoms with E-state index in [4.69, 9.17) is 14.6 Å². The van der Waals surface area contributed by atoms with Crippen molar-refractivity contribution in [2.24, 2.45) is 0 Å². The molecular formula is C26H32N2O6. The molecule has 2 aromatic rings. The second-order valence-electron chi connectivity index (χ2n) is 8.26. The van der Waals surface area contributed by atoms with E-state index in [1.54, 1.807) is 6.92 Å². The van der Waals surface area contributed by atoms with Gasteiger partial charge >= 0.3 is 12.1 Å². The molecule has 0 spiro atoms. The fourth-order valence-corrected chi connectivity index (χ4v) is 4.25. The highest BCUT2D eigenvalue weighted by atomic mass is 16.5. The Morgan fingerprint density at radius 2 is 1.59 bits per heavy atom. The van der Waals surface area contributed by atoms with Gasteiger partial charge in [0.2, 0.25) is 5.91 Å². The first-order chi connectivity index (χ1) is 16.4. The molecule has 0 radical (unpaired) electrons. The van der Waals surface area contributed by atoms with Crippen LogP contribution >= 0.6 is 0 Å². The van der Waals surface area contributed by atoms with E-state index in [1.165, 1.54) is 0 Å². The number of nitrogens with one attached hydrogen (secondary N) is 2. The third kappa shape index (κ3) is 6.57. The predicted molar refractivity (Wildman–Crippen MR) is 128 cm³/mol. The lowest BCUT2D eigenvalue weighted by atomic mass is 9.98. The maximum atomic E-state index is 12.5. The normalized spacial score (nSPS) is 13.9. The van der Waals surface area contributed by atoms with Gasteiger partial charge in [0.05, 0.1) is 12.5 Å². The van der Waals surface area contributed by atoms with Crippen molar-refractivity contribution < 1.29 is 29.0 Å². The number of carbonyl (C=O) groups is 3. The maximum Gasteiger partial charge on any atom is 0.407 e. The Kier molecular flexibility index (Phi) is 9.04. The summed E-state index contributed by atoms with van der Waals surface area (Å²) in [6.45, 7) is 4.29. The van der Waals surface area contributed by atoms with E-state index in [2.05, 4.69) is 34.9 Å². The number of amides is 2. The van der Waals surface area contributed by atoms with Gasteiger partial charge in [-0.25, -0.2) is 4.79 Å². The van der Waals surface area contributed by atoms with Crippen molar-refractivity contribution in [1.82, 2.24) is 10.6 Å². The lowest BCUT2D eigenvalue weighted by Gasteiger charge is -2.20. The van der Waals surface area contributed by atoms with E-state index in [0.717, 1.165) is 22.3 Å². The molecule has 2 aromatic carbocycles. The molecule has 3 rings (SSSR count). The molecule has 2 atom stereocenters. The Morgan fingerprint density at radius 3 is 2.15 bits per heavy atom. The average molecular weight is 469 g/mol. The zero-order valence-electron chi connectivity index (χ0n) is 19.6. The average Bonchev–Trinajstić information content (AvgIpc) is 3.14. The summed E-state index contributed by atoms with van der Waals surface area (Å²) in [7, 11) is 0. The number of rotatable bonds is 12. The van der Waals surface area contributed by atoms with Gasteiger partial charge in [-0.2, -0.15) is 0 Å². The highest BCUT2D eigenvalue weighted by molar-refractivity contribution is 5.79. The van der Waals surface area contributed by atoms with Crippen LogP contribution in [-0.4, -0.2) is 55.0 Å². The summed E-state index contributed by atoms with van der Waals surface area (Å²) >= 11 is 0. The van der Waals surface area contributed by atoms with Gasteiger partial charge in [-0.3, -0.25) is 9.59 Å². The highest BCUT2D eigenvalue weighted by Crippen LogP contribution is 2.44. The minimum atomic E-state index is -0.990. The molecule has 0 fully saturated rings. The minimum Gasteiger partial charge on any atom is -0.481 e. The Labute approximate surface area is 199 Å². The summed E-state index contributed by atoms with van der Waals surface area (Å²) in [5, 5.41) is 14.4. The molecule has 0 bridgehead atoms. The fourth-order valence-electron chi connectivity index (χ4n) is 4.25. The second-order valence-corrected chi connectivity index (χ2v) is 8.26. The number of aliphatic carboxylic acids is 1. The molecule has 0 aliphatic heterocycles. The molecule has 8 heteroatoms. The smallest absolute Gasteiger partial charge is 0.407 e. The number of carboxylic acid groups (broad SMARTS) is 1. The van der Waals surface area contributed by atoms with Crippen LogP contribution in [0.1, 0.15) is 50.2 Å². The van der Waals surface area contributed by atoms with Crippen molar-refractivity contribution in [3.05, 3.63) is 59.7 Å². The van der Waals surface area contributed by atoms with E-state index in [9.17, 15) is 14.4 Å². The molecule has 3 N–H and O–H groups in total. The molecule has 0 aromatic heterocycles. The van der Waals surface area contributed by atoms with Crippen LogP contribution in [0.2, 0.25) is 0 Å². The molecule has 0 saturated heterocycles. The van der Waals surface area contributed by atoms with Crippen molar-refractivity contribution in [2.75, 3.05) is 19.8 Å². The number of hydrogen-bond donors (Lipinski definition) is 3. The van der Waals surface area contributed by atoms with Crippen LogP contribution in [0.15, 0.2) is 48.5 Å². The molecule has 1 aliphatic rings. The zero-order valence-corrected chi connectivity index (χ0v) is 19.6. The van der Waals surface area contributed by atoms with E-state index >= 15 is 0 Å². The minimum absolute atomic E-state index is 0.0359. The van der Waals surface area contributed by atoms with Gasteiger partial charge in [-0.1, -0.05) is 55.5 Å². The summed E-state index contributed by atoms with van der Waals surface area (Å²) < 4.78 is 10.9. The molecule has 8 nitrogen and oxygen atoms in total. The molecule has 1 aliphatic carbocycles. The zero-order chi connectivity index (χ0) is 24.5. The van der Waals surface area contributed by atoms with Gasteiger partial charge in [0.1, 0.15) is 6.61 Å². The van der Waals surface area contributed by atoms with E-state index in [1.807, 2.05) is 31.2 Å². The van der Waals surface area contributed by atoms with E-state index in [0.29, 0.717) is 13.0 Å². The third-order valence-electron chi connectivity index (χ3n) is 5.92. The van der Waals surface area contributed by atoms with Crippen LogP contribution in [0.4, 0.5) is 4.79 Å². The van der Waals surface area contributed by atoms with Crippen molar-refractivity contribution in [3.8, 4) is 11.1 Å². The summed E-state index contributed by atoms with van der Waals surface area (Å²) in [6.07, 6.45) is -0.751. The van der Waals surface area contributed by atoms with E-state index < -0.39 is 24.2 Å². The molecule has 2 amide bonds. The molecule has 0 saturated carbocycles. The van der Waals surface area contributed by atoms with Crippen molar-refractivity contribution in [1.29, 1.82) is 0 Å². The molecule has 34 heavy (non-hydrogen) atoms. The van der Waals surface area contributed by atoms with Crippen molar-refractivity contribution >= 4 is 18.0 Å². The van der Waals surface area contributed by atoms with Gasteiger partial charge in [0, 0.05) is 31.5 Å². The van der Waals surface area contributed by atoms with Crippen LogP contribution in [0, 0.1) is 0 Å². The number of carboxylic acids is 1. The highest BCUT2D eigenvalue weighted by Gasteiger charge is 2.29.